The van der Waals surface area contributed by atoms with E-state index in [2.05, 4.69) is 27.4 Å². The Balaban J connectivity index is 1.84. The van der Waals surface area contributed by atoms with Crippen molar-refractivity contribution < 1.29 is 0 Å². The highest BCUT2D eigenvalue weighted by molar-refractivity contribution is 5.02. The molecule has 1 heterocycles. The zero-order valence-electron chi connectivity index (χ0n) is 9.11. The molecule has 0 radical (unpaired) electrons. The summed E-state index contributed by atoms with van der Waals surface area (Å²) in [4.78, 5) is 8.45. The molecule has 80 valence electrons. The average Bonchev–Trinajstić information content (AvgIpc) is 2.28. The van der Waals surface area contributed by atoms with E-state index in [1.165, 1.54) is 12.8 Å². The summed E-state index contributed by atoms with van der Waals surface area (Å²) in [5.41, 5.74) is 1.08. The van der Waals surface area contributed by atoms with Gasteiger partial charge in [0, 0.05) is 18.8 Å². The molecule has 0 fully saturated rings. The van der Waals surface area contributed by atoms with E-state index in [1.807, 2.05) is 19.2 Å². The van der Waals surface area contributed by atoms with Crippen LogP contribution < -0.4 is 5.32 Å². The largest absolute Gasteiger partial charge is 0.308 e. The molecule has 3 heteroatoms. The van der Waals surface area contributed by atoms with Crippen LogP contribution in [0.1, 0.15) is 30.8 Å². The third kappa shape index (κ3) is 3.13. The van der Waals surface area contributed by atoms with Crippen LogP contribution in [0.15, 0.2) is 24.4 Å². The van der Waals surface area contributed by atoms with Crippen molar-refractivity contribution >= 4 is 0 Å². The van der Waals surface area contributed by atoms with Gasteiger partial charge in [-0.2, -0.15) is 0 Å². The number of hydrogen-bond acceptors (Lipinski definition) is 3. The third-order valence-electron chi connectivity index (χ3n) is 2.67. The van der Waals surface area contributed by atoms with Crippen LogP contribution in [0, 0.1) is 6.92 Å². The molecule has 1 aliphatic rings. The number of aromatic nitrogens is 2. The number of hydrogen-bond donors (Lipinski definition) is 1. The molecule has 0 amide bonds. The van der Waals surface area contributed by atoms with Crippen molar-refractivity contribution in [3.05, 3.63) is 35.9 Å². The van der Waals surface area contributed by atoms with E-state index >= 15 is 0 Å². The Bertz CT molecular complexity index is 346. The van der Waals surface area contributed by atoms with Gasteiger partial charge in [0.15, 0.2) is 0 Å². The van der Waals surface area contributed by atoms with Gasteiger partial charge in [-0.3, -0.25) is 0 Å². The summed E-state index contributed by atoms with van der Waals surface area (Å²) in [6.45, 7) is 2.77. The van der Waals surface area contributed by atoms with E-state index in [1.54, 1.807) is 0 Å². The van der Waals surface area contributed by atoms with Crippen molar-refractivity contribution in [2.24, 2.45) is 0 Å². The summed E-state index contributed by atoms with van der Waals surface area (Å²) < 4.78 is 0. The molecule has 3 nitrogen and oxygen atoms in total. The Labute approximate surface area is 90.6 Å². The Morgan fingerprint density at radius 2 is 2.40 bits per heavy atom. The lowest BCUT2D eigenvalue weighted by Gasteiger charge is -2.19. The summed E-state index contributed by atoms with van der Waals surface area (Å²) in [7, 11) is 0. The van der Waals surface area contributed by atoms with Crippen molar-refractivity contribution in [1.29, 1.82) is 0 Å². The fraction of sp³-hybridized carbons (Fsp3) is 0.500. The highest BCUT2D eigenvalue weighted by Crippen LogP contribution is 2.10. The average molecular weight is 203 g/mol. The fourth-order valence-electron chi connectivity index (χ4n) is 1.83. The van der Waals surface area contributed by atoms with E-state index in [4.69, 9.17) is 0 Å². The number of nitrogens with one attached hydrogen (secondary N) is 1. The van der Waals surface area contributed by atoms with Crippen molar-refractivity contribution in [3.8, 4) is 0 Å². The van der Waals surface area contributed by atoms with Crippen LogP contribution >= 0.6 is 0 Å². The Kier molecular flexibility index (Phi) is 3.45. The molecule has 0 bridgehead atoms. The van der Waals surface area contributed by atoms with E-state index in [0.29, 0.717) is 6.04 Å². The Morgan fingerprint density at radius 3 is 3.13 bits per heavy atom. The predicted octanol–water partition coefficient (Wildman–Crippen LogP) is 1.98. The van der Waals surface area contributed by atoms with Crippen LogP contribution in [0.5, 0.6) is 0 Å². The second kappa shape index (κ2) is 5.03. The van der Waals surface area contributed by atoms with E-state index in [9.17, 15) is 0 Å². The van der Waals surface area contributed by atoms with E-state index in [-0.39, 0.29) is 0 Å². The fourth-order valence-corrected chi connectivity index (χ4v) is 1.83. The molecule has 1 aromatic rings. The second-order valence-electron chi connectivity index (χ2n) is 3.96. The molecule has 1 atom stereocenters. The number of aryl methyl sites for hydroxylation is 1. The van der Waals surface area contributed by atoms with Gasteiger partial charge in [-0.1, -0.05) is 12.2 Å². The molecule has 2 rings (SSSR count). The minimum atomic E-state index is 0.616. The van der Waals surface area contributed by atoms with Gasteiger partial charge in [-0.25, -0.2) is 9.97 Å². The molecule has 0 saturated carbocycles. The van der Waals surface area contributed by atoms with Gasteiger partial charge in [0.05, 0.1) is 5.69 Å². The van der Waals surface area contributed by atoms with Crippen LogP contribution in [0.2, 0.25) is 0 Å². The topological polar surface area (TPSA) is 37.8 Å². The highest BCUT2D eigenvalue weighted by atomic mass is 14.9. The van der Waals surface area contributed by atoms with Crippen molar-refractivity contribution in [2.45, 2.75) is 38.8 Å². The Morgan fingerprint density at radius 1 is 1.47 bits per heavy atom. The van der Waals surface area contributed by atoms with Crippen LogP contribution in [0.3, 0.4) is 0 Å². The maximum Gasteiger partial charge on any atom is 0.125 e. The molecular formula is C12H17N3. The first-order valence-electron chi connectivity index (χ1n) is 5.51. The van der Waals surface area contributed by atoms with Crippen LogP contribution in [-0.4, -0.2) is 16.0 Å². The molecule has 15 heavy (non-hydrogen) atoms. The molecule has 0 saturated heterocycles. The van der Waals surface area contributed by atoms with E-state index in [0.717, 1.165) is 24.5 Å². The summed E-state index contributed by atoms with van der Waals surface area (Å²) in [5, 5.41) is 3.52. The molecule has 1 N–H and O–H groups in total. The van der Waals surface area contributed by atoms with Gasteiger partial charge in [-0.05, 0) is 32.3 Å². The van der Waals surface area contributed by atoms with Crippen LogP contribution in [-0.2, 0) is 6.54 Å². The van der Waals surface area contributed by atoms with Gasteiger partial charge in [0.1, 0.15) is 5.82 Å². The molecule has 1 aliphatic carbocycles. The summed E-state index contributed by atoms with van der Waals surface area (Å²) >= 11 is 0. The van der Waals surface area contributed by atoms with Gasteiger partial charge < -0.3 is 5.32 Å². The summed E-state index contributed by atoms with van der Waals surface area (Å²) in [5.74, 6) is 0.845. The lowest BCUT2D eigenvalue weighted by Crippen LogP contribution is -2.29. The first kappa shape index (κ1) is 10.3. The van der Waals surface area contributed by atoms with Gasteiger partial charge >= 0.3 is 0 Å². The molecule has 0 aromatic carbocycles. The minimum absolute atomic E-state index is 0.616. The molecule has 1 unspecified atom stereocenters. The lowest BCUT2D eigenvalue weighted by atomic mass is 10.0. The zero-order chi connectivity index (χ0) is 10.5. The number of rotatable bonds is 3. The number of nitrogens with zero attached hydrogens (tertiary/aromatic N) is 2. The lowest BCUT2D eigenvalue weighted by molar-refractivity contribution is 0.470. The molecular weight excluding hydrogens is 186 g/mol. The number of allylic oxidation sites excluding steroid dienone is 1. The first-order chi connectivity index (χ1) is 7.34. The molecule has 0 spiro atoms. The quantitative estimate of drug-likeness (QED) is 0.763. The van der Waals surface area contributed by atoms with Crippen molar-refractivity contribution in [1.82, 2.24) is 15.3 Å². The highest BCUT2D eigenvalue weighted by Gasteiger charge is 2.08. The van der Waals surface area contributed by atoms with Gasteiger partial charge in [0.25, 0.3) is 0 Å². The molecule has 1 aromatic heterocycles. The zero-order valence-corrected chi connectivity index (χ0v) is 9.11. The summed E-state index contributed by atoms with van der Waals surface area (Å²) in [6, 6.07) is 2.59. The SMILES string of the molecule is Cc1nccc(CNC2CC=CCC2)n1. The molecule has 0 aliphatic heterocycles. The Hall–Kier alpha value is -1.22. The van der Waals surface area contributed by atoms with Crippen molar-refractivity contribution in [3.63, 3.8) is 0 Å². The standard InChI is InChI=1S/C12H17N3/c1-10-13-8-7-12(15-10)9-14-11-5-3-2-4-6-11/h2-3,7-8,11,14H,4-6,9H2,1H3. The minimum Gasteiger partial charge on any atom is -0.308 e. The third-order valence-corrected chi connectivity index (χ3v) is 2.67. The predicted molar refractivity (Wildman–Crippen MR) is 60.4 cm³/mol. The maximum atomic E-state index is 4.37. The van der Waals surface area contributed by atoms with Crippen LogP contribution in [0.25, 0.3) is 0 Å². The summed E-state index contributed by atoms with van der Waals surface area (Å²) in [6.07, 6.45) is 9.91. The van der Waals surface area contributed by atoms with Gasteiger partial charge in [-0.15, -0.1) is 0 Å². The van der Waals surface area contributed by atoms with Crippen molar-refractivity contribution in [2.75, 3.05) is 0 Å². The normalized spacial score (nSPS) is 20.5. The van der Waals surface area contributed by atoms with Crippen LogP contribution in [0.4, 0.5) is 0 Å². The smallest absolute Gasteiger partial charge is 0.125 e. The monoisotopic (exact) mass is 203 g/mol. The van der Waals surface area contributed by atoms with E-state index < -0.39 is 0 Å². The maximum absolute atomic E-state index is 4.37. The van der Waals surface area contributed by atoms with Gasteiger partial charge in [0.2, 0.25) is 0 Å². The first-order valence-corrected chi connectivity index (χ1v) is 5.51. The second-order valence-corrected chi connectivity index (χ2v) is 3.96.